The molecule has 1 radical (unpaired) electrons. The molecule has 10 heavy (non-hydrogen) atoms. The third-order valence-electron chi connectivity index (χ3n) is 0.966. The molecule has 4 nitrogen and oxygen atoms in total. The van der Waals surface area contributed by atoms with Gasteiger partial charge in [-0.1, -0.05) is 0 Å². The molecular formula is C6H11N2O2. The zero-order chi connectivity index (χ0) is 7.82. The van der Waals surface area contributed by atoms with Crippen molar-refractivity contribution in [3.05, 3.63) is 0 Å². The second-order valence-electron chi connectivity index (χ2n) is 1.81. The van der Waals surface area contributed by atoms with Crippen LogP contribution < -0.4 is 11.1 Å². The van der Waals surface area contributed by atoms with Crippen molar-refractivity contribution >= 4 is 12.2 Å². The van der Waals surface area contributed by atoms with Crippen LogP contribution in [0.2, 0.25) is 0 Å². The molecule has 0 heterocycles. The Labute approximate surface area is 59.8 Å². The zero-order valence-electron chi connectivity index (χ0n) is 5.72. The van der Waals surface area contributed by atoms with Gasteiger partial charge in [-0.25, -0.2) is 0 Å². The van der Waals surface area contributed by atoms with E-state index in [0.29, 0.717) is 19.4 Å². The van der Waals surface area contributed by atoms with Crippen molar-refractivity contribution in [1.29, 1.82) is 0 Å². The summed E-state index contributed by atoms with van der Waals surface area (Å²) in [5.41, 5.74) is 5.15. The van der Waals surface area contributed by atoms with E-state index in [1.165, 1.54) is 0 Å². The molecule has 0 aromatic heterocycles. The monoisotopic (exact) mass is 143 g/mol. The number of carbonyl (C=O) groups excluding carboxylic acids is 2. The molecule has 3 N–H and O–H groups in total. The number of nitrogens with two attached hydrogens (primary N) is 1. The van der Waals surface area contributed by atoms with Crippen molar-refractivity contribution in [3.8, 4) is 0 Å². The molecule has 4 heteroatoms. The van der Waals surface area contributed by atoms with Gasteiger partial charge in [0.25, 0.3) is 0 Å². The molecule has 0 fully saturated rings. The minimum absolute atomic E-state index is 0.0244. The van der Waals surface area contributed by atoms with E-state index < -0.39 is 0 Å². The van der Waals surface area contributed by atoms with Gasteiger partial charge in [0.2, 0.25) is 12.2 Å². The van der Waals surface area contributed by atoms with Crippen LogP contribution in [0, 0.1) is 0 Å². The highest BCUT2D eigenvalue weighted by Crippen LogP contribution is 1.83. The zero-order valence-corrected chi connectivity index (χ0v) is 5.72. The molecule has 0 aliphatic heterocycles. The maximum Gasteiger partial charge on any atom is 0.220 e. The first-order chi connectivity index (χ1) is 4.81. The molecule has 0 aliphatic carbocycles. The van der Waals surface area contributed by atoms with E-state index >= 15 is 0 Å². The minimum Gasteiger partial charge on any atom is -0.349 e. The molecule has 0 aliphatic rings. The molecule has 1 amide bonds. The fourth-order valence-electron chi connectivity index (χ4n) is 0.486. The predicted molar refractivity (Wildman–Crippen MR) is 37.0 cm³/mol. The molecular weight excluding hydrogens is 132 g/mol. The Kier molecular flexibility index (Phi) is 5.66. The van der Waals surface area contributed by atoms with Crippen molar-refractivity contribution in [3.63, 3.8) is 0 Å². The maximum atomic E-state index is 10.6. The van der Waals surface area contributed by atoms with Gasteiger partial charge < -0.3 is 11.1 Å². The summed E-state index contributed by atoms with van der Waals surface area (Å²) in [7, 11) is 0. The Bertz CT molecular complexity index is 114. The number of hydrogen-bond acceptors (Lipinski definition) is 3. The highest BCUT2D eigenvalue weighted by molar-refractivity contribution is 5.78. The molecule has 0 spiro atoms. The van der Waals surface area contributed by atoms with E-state index in [9.17, 15) is 9.59 Å². The Balaban J connectivity index is 3.16. The lowest BCUT2D eigenvalue weighted by atomic mass is 10.3. The smallest absolute Gasteiger partial charge is 0.220 e. The van der Waals surface area contributed by atoms with Gasteiger partial charge in [-0.05, 0) is 13.0 Å². The predicted octanol–water partition coefficient (Wildman–Crippen LogP) is -1.05. The summed E-state index contributed by atoms with van der Waals surface area (Å²) < 4.78 is 0. The maximum absolute atomic E-state index is 10.6. The van der Waals surface area contributed by atoms with Crippen LogP contribution in [0.5, 0.6) is 0 Å². The van der Waals surface area contributed by atoms with E-state index in [2.05, 4.69) is 5.32 Å². The highest BCUT2D eigenvalue weighted by Gasteiger charge is 1.96. The van der Waals surface area contributed by atoms with Crippen LogP contribution >= 0.6 is 0 Å². The molecule has 0 unspecified atom stereocenters. The van der Waals surface area contributed by atoms with Gasteiger partial charge in [0.1, 0.15) is 0 Å². The van der Waals surface area contributed by atoms with E-state index in [1.54, 1.807) is 6.29 Å². The topological polar surface area (TPSA) is 72.2 Å². The third-order valence-corrected chi connectivity index (χ3v) is 0.966. The Morgan fingerprint density at radius 2 is 2.30 bits per heavy atom. The van der Waals surface area contributed by atoms with Gasteiger partial charge in [-0.2, -0.15) is 0 Å². The van der Waals surface area contributed by atoms with Gasteiger partial charge in [-0.15, -0.1) is 0 Å². The average Bonchev–Trinajstić information content (AvgIpc) is 1.97. The second-order valence-corrected chi connectivity index (χ2v) is 1.81. The van der Waals surface area contributed by atoms with Crippen molar-refractivity contribution < 1.29 is 9.59 Å². The van der Waals surface area contributed by atoms with E-state index in [-0.39, 0.29) is 12.5 Å². The molecule has 0 aromatic carbocycles. The van der Waals surface area contributed by atoms with Crippen LogP contribution in [0.25, 0.3) is 0 Å². The van der Waals surface area contributed by atoms with Crippen molar-refractivity contribution in [2.24, 2.45) is 5.73 Å². The fraction of sp³-hybridized carbons (Fsp3) is 0.667. The highest BCUT2D eigenvalue weighted by atomic mass is 16.2. The first kappa shape index (κ1) is 9.10. The number of rotatable bonds is 5. The lowest BCUT2D eigenvalue weighted by Gasteiger charge is -1.97. The number of hydrogen-bond donors (Lipinski definition) is 2. The lowest BCUT2D eigenvalue weighted by Crippen LogP contribution is -2.25. The molecule has 0 aromatic rings. The van der Waals surface area contributed by atoms with Crippen molar-refractivity contribution in [2.45, 2.75) is 12.8 Å². The van der Waals surface area contributed by atoms with E-state index in [1.807, 2.05) is 0 Å². The first-order valence-electron chi connectivity index (χ1n) is 3.13. The van der Waals surface area contributed by atoms with Gasteiger partial charge in [0.05, 0.1) is 6.54 Å². The number of nitrogens with one attached hydrogen (secondary N) is 1. The summed E-state index contributed by atoms with van der Waals surface area (Å²) in [6.07, 6.45) is 2.61. The summed E-state index contributed by atoms with van der Waals surface area (Å²) in [4.78, 5) is 20.2. The Morgan fingerprint density at radius 3 is 2.80 bits per heavy atom. The molecule has 0 saturated carbocycles. The molecule has 0 rings (SSSR count). The van der Waals surface area contributed by atoms with Crippen LogP contribution in [0.1, 0.15) is 12.8 Å². The van der Waals surface area contributed by atoms with Crippen molar-refractivity contribution in [1.82, 2.24) is 5.32 Å². The largest absolute Gasteiger partial charge is 0.349 e. The minimum atomic E-state index is -0.145. The Hall–Kier alpha value is -0.900. The SMILES string of the molecule is NCCCC(=O)NC[C]=O. The van der Waals surface area contributed by atoms with Gasteiger partial charge in [-0.3, -0.25) is 9.59 Å². The van der Waals surface area contributed by atoms with Crippen LogP contribution in [-0.2, 0) is 9.59 Å². The average molecular weight is 143 g/mol. The summed E-state index contributed by atoms with van der Waals surface area (Å²) in [6.45, 7) is 0.474. The summed E-state index contributed by atoms with van der Waals surface area (Å²) in [5.74, 6) is -0.145. The fourth-order valence-corrected chi connectivity index (χ4v) is 0.486. The van der Waals surface area contributed by atoms with Crippen molar-refractivity contribution in [2.75, 3.05) is 13.1 Å². The summed E-state index contributed by atoms with van der Waals surface area (Å²) in [6, 6.07) is 0. The number of amides is 1. The van der Waals surface area contributed by atoms with Gasteiger partial charge >= 0.3 is 0 Å². The van der Waals surface area contributed by atoms with E-state index in [0.717, 1.165) is 0 Å². The molecule has 57 valence electrons. The lowest BCUT2D eigenvalue weighted by molar-refractivity contribution is -0.120. The summed E-state index contributed by atoms with van der Waals surface area (Å²) >= 11 is 0. The molecule has 0 bridgehead atoms. The first-order valence-corrected chi connectivity index (χ1v) is 3.13. The number of carbonyl (C=O) groups is 1. The van der Waals surface area contributed by atoms with Gasteiger partial charge in [0.15, 0.2) is 0 Å². The van der Waals surface area contributed by atoms with Crippen LogP contribution in [0.4, 0.5) is 0 Å². The van der Waals surface area contributed by atoms with Crippen LogP contribution in [-0.4, -0.2) is 25.3 Å². The molecule has 0 atom stereocenters. The third kappa shape index (κ3) is 5.24. The second kappa shape index (κ2) is 6.22. The normalized spacial score (nSPS) is 8.90. The van der Waals surface area contributed by atoms with Crippen LogP contribution in [0.3, 0.4) is 0 Å². The summed E-state index contributed by atoms with van der Waals surface area (Å²) in [5, 5.41) is 2.35. The van der Waals surface area contributed by atoms with E-state index in [4.69, 9.17) is 5.73 Å². The molecule has 0 saturated heterocycles. The standard InChI is InChI=1S/C6H11N2O2/c7-3-1-2-6(10)8-4-5-9/h1-4,7H2,(H,8,10). The quantitative estimate of drug-likeness (QED) is 0.516. The van der Waals surface area contributed by atoms with Crippen LogP contribution in [0.15, 0.2) is 0 Å². The Morgan fingerprint density at radius 1 is 1.60 bits per heavy atom. The van der Waals surface area contributed by atoms with Gasteiger partial charge in [0, 0.05) is 6.42 Å².